The lowest BCUT2D eigenvalue weighted by atomic mass is 9.96. The molecule has 3 heterocycles. The number of hydrogen-bond donors (Lipinski definition) is 12. The molecule has 0 spiro atoms. The minimum absolute atomic E-state index is 0.240. The summed E-state index contributed by atoms with van der Waals surface area (Å²) in [6.45, 7) is 1.73. The predicted molar refractivity (Wildman–Crippen MR) is 319 cm³/mol. The average molecular weight is 1190 g/mol. The van der Waals surface area contributed by atoms with Crippen molar-refractivity contribution >= 4 is 5.91 Å². The molecule has 19 nitrogen and oxygen atoms in total. The van der Waals surface area contributed by atoms with Gasteiger partial charge in [0, 0.05) is 6.42 Å². The summed E-state index contributed by atoms with van der Waals surface area (Å²) in [4.78, 5) is 13.4. The topological polar surface area (TPSA) is 307 Å². The fraction of sp³-hybridized carbons (Fsp3) is 0.922. The van der Waals surface area contributed by atoms with Crippen molar-refractivity contribution in [3.05, 3.63) is 24.3 Å². The van der Waals surface area contributed by atoms with E-state index in [1.807, 2.05) is 6.08 Å². The van der Waals surface area contributed by atoms with Gasteiger partial charge in [-0.1, -0.05) is 231 Å². The normalized spacial score (nSPS) is 29.5. The van der Waals surface area contributed by atoms with Crippen LogP contribution in [0.25, 0.3) is 0 Å². The molecule has 19 heteroatoms. The average Bonchev–Trinajstić information content (AvgIpc) is 3.35. The van der Waals surface area contributed by atoms with Crippen LogP contribution in [0.4, 0.5) is 0 Å². The van der Waals surface area contributed by atoms with Crippen molar-refractivity contribution in [1.29, 1.82) is 0 Å². The Balaban J connectivity index is 1.48. The SMILES string of the molecule is CCCCCCCCCCCCCCC/C=C/CC/C=C/C(O)C(COC1OC(CO)C(OC2OC(CO)C(OC3OC(CO)C(O)C(O)C3O)C(O)C2O)C(O)C1O)NC(=O)CCCCCCCCCCCCCCCCCCCCC. The highest BCUT2D eigenvalue weighted by atomic mass is 16.8. The van der Waals surface area contributed by atoms with Gasteiger partial charge in [0.1, 0.15) is 73.2 Å². The molecule has 0 radical (unpaired) electrons. The number of nitrogens with one attached hydrogen (secondary N) is 1. The number of amides is 1. The number of aliphatic hydroxyl groups excluding tert-OH is 11. The summed E-state index contributed by atoms with van der Waals surface area (Å²) in [6.07, 6.45) is 24.4. The first kappa shape index (κ1) is 75.5. The Hall–Kier alpha value is -1.73. The van der Waals surface area contributed by atoms with Gasteiger partial charge in [-0.05, 0) is 32.1 Å². The monoisotopic (exact) mass is 1190 g/mol. The van der Waals surface area contributed by atoms with Crippen LogP contribution in [0, 0.1) is 0 Å². The van der Waals surface area contributed by atoms with Crippen molar-refractivity contribution in [3.8, 4) is 0 Å². The highest BCUT2D eigenvalue weighted by Crippen LogP contribution is 2.33. The Bertz CT molecular complexity index is 1610. The van der Waals surface area contributed by atoms with E-state index in [9.17, 15) is 61.0 Å². The molecular formula is C64H119NO18. The maximum atomic E-state index is 13.4. The standard InChI is InChI=1S/C64H119NO18/c1-3-5-7-9-11-13-15-17-19-21-23-25-27-29-31-33-35-37-39-41-48(69)47(65-52(70)42-40-38-36-34-32-30-28-26-24-22-20-18-16-14-12-10-8-6-4-2)46-78-62-58(76)55(73)60(50(44-67)80-62)83-64-59(77)56(74)61(51(45-68)81-64)82-63-57(75)54(72)53(71)49(43-66)79-63/h31,33,39,41,47-51,53-64,66-69,71-77H,3-30,32,34-38,40,42-46H2,1-2H3,(H,65,70)/b33-31+,41-39+. The van der Waals surface area contributed by atoms with Crippen LogP contribution in [0.1, 0.15) is 245 Å². The van der Waals surface area contributed by atoms with Crippen molar-refractivity contribution in [1.82, 2.24) is 5.32 Å². The van der Waals surface area contributed by atoms with Crippen molar-refractivity contribution in [2.24, 2.45) is 0 Å². The molecule has 0 bridgehead atoms. The quantitative estimate of drug-likeness (QED) is 0.0207. The van der Waals surface area contributed by atoms with Crippen LogP contribution in [-0.4, -0.2) is 193 Å². The van der Waals surface area contributed by atoms with Crippen LogP contribution in [0.2, 0.25) is 0 Å². The van der Waals surface area contributed by atoms with E-state index < -0.39 is 124 Å². The Kier molecular flexibility index (Phi) is 43.0. The molecule has 1 amide bonds. The molecule has 3 aliphatic heterocycles. The second-order valence-corrected chi connectivity index (χ2v) is 23.9. The van der Waals surface area contributed by atoms with Crippen LogP contribution in [0.15, 0.2) is 24.3 Å². The summed E-state index contributed by atoms with van der Waals surface area (Å²) < 4.78 is 34.3. The molecule has 488 valence electrons. The van der Waals surface area contributed by atoms with Crippen LogP contribution < -0.4 is 5.32 Å². The van der Waals surface area contributed by atoms with Gasteiger partial charge in [0.05, 0.1) is 38.6 Å². The van der Waals surface area contributed by atoms with Crippen LogP contribution in [-0.2, 0) is 33.2 Å². The van der Waals surface area contributed by atoms with Crippen molar-refractivity contribution in [3.63, 3.8) is 0 Å². The van der Waals surface area contributed by atoms with Gasteiger partial charge >= 0.3 is 0 Å². The van der Waals surface area contributed by atoms with Gasteiger partial charge in [-0.3, -0.25) is 4.79 Å². The van der Waals surface area contributed by atoms with E-state index >= 15 is 0 Å². The van der Waals surface area contributed by atoms with Gasteiger partial charge in [0.2, 0.25) is 5.91 Å². The molecule has 12 N–H and O–H groups in total. The third-order valence-corrected chi connectivity index (χ3v) is 16.8. The zero-order chi connectivity index (χ0) is 60.5. The third kappa shape index (κ3) is 30.4. The number of hydrogen-bond acceptors (Lipinski definition) is 18. The highest BCUT2D eigenvalue weighted by molar-refractivity contribution is 5.76. The van der Waals surface area contributed by atoms with E-state index in [0.717, 1.165) is 38.5 Å². The van der Waals surface area contributed by atoms with Gasteiger partial charge in [0.15, 0.2) is 18.9 Å². The summed E-state index contributed by atoms with van der Waals surface area (Å²) in [6, 6.07) is -0.986. The highest BCUT2D eigenvalue weighted by Gasteiger charge is 2.53. The maximum Gasteiger partial charge on any atom is 0.220 e. The molecule has 0 aliphatic carbocycles. The number of carbonyl (C=O) groups is 1. The molecule has 17 unspecified atom stereocenters. The van der Waals surface area contributed by atoms with Gasteiger partial charge in [-0.15, -0.1) is 0 Å². The van der Waals surface area contributed by atoms with E-state index in [4.69, 9.17) is 28.4 Å². The Morgan fingerprint density at radius 2 is 0.771 bits per heavy atom. The lowest BCUT2D eigenvalue weighted by Gasteiger charge is -2.48. The molecule has 0 aromatic carbocycles. The Morgan fingerprint density at radius 3 is 1.20 bits per heavy atom. The Labute approximate surface area is 498 Å². The molecule has 3 saturated heterocycles. The molecule has 0 aromatic rings. The molecule has 3 fully saturated rings. The third-order valence-electron chi connectivity index (χ3n) is 16.8. The first-order chi connectivity index (χ1) is 40.3. The van der Waals surface area contributed by atoms with Crippen LogP contribution >= 0.6 is 0 Å². The van der Waals surface area contributed by atoms with Gasteiger partial charge in [-0.25, -0.2) is 0 Å². The minimum atomic E-state index is -1.98. The van der Waals surface area contributed by atoms with Crippen molar-refractivity contribution in [2.45, 2.75) is 349 Å². The second kappa shape index (κ2) is 47.3. The maximum absolute atomic E-state index is 13.4. The number of carbonyl (C=O) groups excluding carboxylic acids is 1. The molecule has 3 rings (SSSR count). The summed E-state index contributed by atoms with van der Waals surface area (Å²) in [5, 5.41) is 120. The largest absolute Gasteiger partial charge is 0.394 e. The van der Waals surface area contributed by atoms with E-state index in [1.165, 1.54) is 173 Å². The fourth-order valence-electron chi connectivity index (χ4n) is 11.3. The molecule has 0 saturated carbocycles. The van der Waals surface area contributed by atoms with E-state index in [2.05, 4.69) is 31.3 Å². The number of ether oxygens (including phenoxy) is 6. The summed E-state index contributed by atoms with van der Waals surface area (Å²) in [5.74, 6) is -0.281. The molecule has 17 atom stereocenters. The van der Waals surface area contributed by atoms with E-state index in [0.29, 0.717) is 12.8 Å². The first-order valence-corrected chi connectivity index (χ1v) is 33.1. The zero-order valence-electron chi connectivity index (χ0n) is 51.2. The van der Waals surface area contributed by atoms with Crippen LogP contribution in [0.3, 0.4) is 0 Å². The van der Waals surface area contributed by atoms with Gasteiger partial charge in [0.25, 0.3) is 0 Å². The Morgan fingerprint density at radius 1 is 0.422 bits per heavy atom. The zero-order valence-corrected chi connectivity index (χ0v) is 51.2. The lowest BCUT2D eigenvalue weighted by molar-refractivity contribution is -0.379. The minimum Gasteiger partial charge on any atom is -0.394 e. The van der Waals surface area contributed by atoms with E-state index in [-0.39, 0.29) is 18.9 Å². The molecule has 83 heavy (non-hydrogen) atoms. The first-order valence-electron chi connectivity index (χ1n) is 33.1. The van der Waals surface area contributed by atoms with E-state index in [1.54, 1.807) is 6.08 Å². The van der Waals surface area contributed by atoms with Crippen molar-refractivity contribution in [2.75, 3.05) is 26.4 Å². The van der Waals surface area contributed by atoms with Gasteiger partial charge in [-0.2, -0.15) is 0 Å². The smallest absolute Gasteiger partial charge is 0.220 e. The number of unbranched alkanes of at least 4 members (excludes halogenated alkanes) is 32. The second-order valence-electron chi connectivity index (χ2n) is 23.9. The molecule has 3 aliphatic rings. The fourth-order valence-corrected chi connectivity index (χ4v) is 11.3. The number of aliphatic hydroxyl groups is 11. The predicted octanol–water partition coefficient (Wildman–Crippen LogP) is 7.49. The molecule has 0 aromatic heterocycles. The van der Waals surface area contributed by atoms with Crippen LogP contribution in [0.5, 0.6) is 0 Å². The number of allylic oxidation sites excluding steroid dienone is 3. The summed E-state index contributed by atoms with van der Waals surface area (Å²) in [5.41, 5.74) is 0. The van der Waals surface area contributed by atoms with Gasteiger partial charge < -0.3 is 89.9 Å². The lowest BCUT2D eigenvalue weighted by Crippen LogP contribution is -2.66. The summed E-state index contributed by atoms with van der Waals surface area (Å²) >= 11 is 0. The number of rotatable bonds is 50. The van der Waals surface area contributed by atoms with Crippen molar-refractivity contribution < 1.29 is 89.4 Å². The molecular weight excluding hydrogens is 1070 g/mol. The summed E-state index contributed by atoms with van der Waals surface area (Å²) in [7, 11) is 0.